The van der Waals surface area contributed by atoms with E-state index in [1.165, 1.54) is 12.8 Å². The molecule has 5 heterocycles. The monoisotopic (exact) mass is 846 g/mol. The molecule has 1 aromatic carbocycles. The maximum atomic E-state index is 5.59. The molecule has 0 saturated heterocycles. The number of nitrogens with two attached hydrogens (primary N) is 2. The van der Waals surface area contributed by atoms with Gasteiger partial charge in [0.15, 0.2) is 22.9 Å². The summed E-state index contributed by atoms with van der Waals surface area (Å²) in [5.74, 6) is 3.27. The number of fused-ring (bicyclic) bond motifs is 2. The predicted molar refractivity (Wildman–Crippen MR) is 193 cm³/mol. The Morgan fingerprint density at radius 2 is 1.38 bits per heavy atom. The molecule has 1 aliphatic rings. The second-order valence-electron chi connectivity index (χ2n) is 10.6. The van der Waals surface area contributed by atoms with Crippen molar-refractivity contribution in [1.82, 2.24) is 38.7 Å². The summed E-state index contributed by atoms with van der Waals surface area (Å²) in [5.41, 5.74) is 17.0. The Kier molecular flexibility index (Phi) is 10.3. The van der Waals surface area contributed by atoms with E-state index in [9.17, 15) is 0 Å². The Morgan fingerprint density at radius 1 is 0.800 bits per heavy atom. The molecule has 0 bridgehead atoms. The van der Waals surface area contributed by atoms with Crippen LogP contribution in [0.25, 0.3) is 33.8 Å². The van der Waals surface area contributed by atoms with Gasteiger partial charge in [0.2, 0.25) is 0 Å². The van der Waals surface area contributed by atoms with Crippen molar-refractivity contribution >= 4 is 77.4 Å². The van der Waals surface area contributed by atoms with Crippen LogP contribution >= 0.6 is 54.5 Å². The van der Waals surface area contributed by atoms with E-state index in [0.717, 1.165) is 90.1 Å². The Labute approximate surface area is 290 Å². The van der Waals surface area contributed by atoms with Gasteiger partial charge in [0, 0.05) is 37.0 Å². The smallest absolute Gasteiger partial charge is 0.181 e. The molecule has 12 nitrogen and oxygen atoms in total. The number of rotatable bonds is 11. The van der Waals surface area contributed by atoms with Crippen molar-refractivity contribution in [1.29, 1.82) is 0 Å². The van der Waals surface area contributed by atoms with Crippen LogP contribution in [0.3, 0.4) is 0 Å². The third-order valence-electron chi connectivity index (χ3n) is 7.28. The minimum absolute atomic E-state index is 0.626. The molecular weight excluding hydrogens is 815 g/mol. The van der Waals surface area contributed by atoms with Crippen molar-refractivity contribution < 1.29 is 0 Å². The first-order chi connectivity index (χ1) is 21.9. The maximum absolute atomic E-state index is 5.59. The molecule has 7 rings (SSSR count). The van der Waals surface area contributed by atoms with Gasteiger partial charge >= 0.3 is 0 Å². The van der Waals surface area contributed by atoms with Crippen LogP contribution in [-0.4, -0.2) is 64.9 Å². The van der Waals surface area contributed by atoms with Gasteiger partial charge < -0.3 is 27.1 Å². The average Bonchev–Trinajstić information content (AvgIpc) is 3.42. The third-order valence-corrected chi connectivity index (χ3v) is 8.84. The number of aromatic nitrogens is 8. The molecule has 0 spiro atoms. The molecule has 6 aromatic rings. The van der Waals surface area contributed by atoms with Crippen LogP contribution in [0.1, 0.15) is 37.4 Å². The van der Waals surface area contributed by atoms with Gasteiger partial charge in [-0.15, -0.1) is 0 Å². The molecule has 7 N–H and O–H groups in total. The van der Waals surface area contributed by atoms with E-state index >= 15 is 0 Å². The topological polar surface area (TPSA) is 165 Å². The molecule has 234 valence electrons. The lowest BCUT2D eigenvalue weighted by Gasteiger charge is -2.09. The number of imidazole rings is 3. The molecule has 1 fully saturated rings. The third kappa shape index (κ3) is 7.48. The number of benzene rings is 1. The van der Waals surface area contributed by atoms with Gasteiger partial charge in [0.05, 0.1) is 30.0 Å². The second-order valence-corrected chi connectivity index (χ2v) is 13.3. The summed E-state index contributed by atoms with van der Waals surface area (Å²) < 4.78 is 6.63. The van der Waals surface area contributed by atoms with Crippen molar-refractivity contribution in [3.63, 3.8) is 0 Å². The molecule has 1 aliphatic carbocycles. The standard InChI is InChI=1S/C21H22BrN7.C9H11BrIN5/c22-18-12-29-17(11-26-21(29)20(28-18)24-9-1-8-23)14-4-2-13(3-5-14)16-10-25-19(27-16)15-6-7-15;10-6-5-16-7(11)4-14-9(16)8(15-6)13-3-1-2-12/h2-5,10-12,15H,1,6-9,23H2,(H,24,28)(H,25,27);4-5H,1-3,12H2,(H,13,15). The first-order valence-corrected chi connectivity index (χ1v) is 17.4. The fourth-order valence-electron chi connectivity index (χ4n) is 4.83. The van der Waals surface area contributed by atoms with E-state index in [-0.39, 0.29) is 0 Å². The predicted octanol–water partition coefficient (Wildman–Crippen LogP) is 6.04. The lowest BCUT2D eigenvalue weighted by atomic mass is 10.1. The quantitative estimate of drug-likeness (QED) is 0.0772. The van der Waals surface area contributed by atoms with Crippen LogP contribution in [0, 0.1) is 3.70 Å². The molecule has 0 radical (unpaired) electrons. The number of hydrogen-bond acceptors (Lipinski definition) is 9. The zero-order valence-electron chi connectivity index (χ0n) is 24.3. The fraction of sp³-hybridized carbons (Fsp3) is 0.300. The number of nitrogens with one attached hydrogen (secondary N) is 3. The van der Waals surface area contributed by atoms with Gasteiger partial charge in [-0.25, -0.2) is 24.9 Å². The van der Waals surface area contributed by atoms with Crippen molar-refractivity contribution in [2.45, 2.75) is 31.6 Å². The van der Waals surface area contributed by atoms with Crippen LogP contribution in [0.5, 0.6) is 0 Å². The summed E-state index contributed by atoms with van der Waals surface area (Å²) in [5, 5.41) is 6.56. The largest absolute Gasteiger partial charge is 0.367 e. The van der Waals surface area contributed by atoms with E-state index in [1.54, 1.807) is 0 Å². The molecular formula is C30H33Br2IN12. The first kappa shape index (κ1) is 31.8. The van der Waals surface area contributed by atoms with E-state index in [0.29, 0.717) is 19.0 Å². The van der Waals surface area contributed by atoms with Gasteiger partial charge in [-0.2, -0.15) is 0 Å². The number of aromatic amines is 1. The van der Waals surface area contributed by atoms with Crippen LogP contribution in [0.4, 0.5) is 11.6 Å². The van der Waals surface area contributed by atoms with Crippen LogP contribution in [0.2, 0.25) is 0 Å². The zero-order valence-corrected chi connectivity index (χ0v) is 29.7. The molecule has 45 heavy (non-hydrogen) atoms. The minimum atomic E-state index is 0.626. The molecule has 0 aliphatic heterocycles. The van der Waals surface area contributed by atoms with Gasteiger partial charge in [-0.3, -0.25) is 8.80 Å². The van der Waals surface area contributed by atoms with Gasteiger partial charge in [0.1, 0.15) is 18.7 Å². The highest BCUT2D eigenvalue weighted by Gasteiger charge is 2.26. The van der Waals surface area contributed by atoms with E-state index in [2.05, 4.69) is 124 Å². The summed E-state index contributed by atoms with van der Waals surface area (Å²) in [6.45, 7) is 2.88. The Bertz CT molecular complexity index is 1890. The molecule has 0 atom stereocenters. The van der Waals surface area contributed by atoms with Gasteiger partial charge in [-0.05, 0) is 98.8 Å². The minimum Gasteiger partial charge on any atom is -0.367 e. The van der Waals surface area contributed by atoms with Gasteiger partial charge in [0.25, 0.3) is 0 Å². The van der Waals surface area contributed by atoms with Crippen LogP contribution in [-0.2, 0) is 0 Å². The summed E-state index contributed by atoms with van der Waals surface area (Å²) in [6.07, 6.45) is 13.8. The Balaban J connectivity index is 0.000000189. The summed E-state index contributed by atoms with van der Waals surface area (Å²) in [6, 6.07) is 8.48. The Morgan fingerprint density at radius 3 is 2.00 bits per heavy atom. The molecule has 0 unspecified atom stereocenters. The van der Waals surface area contributed by atoms with Crippen LogP contribution in [0.15, 0.2) is 64.5 Å². The van der Waals surface area contributed by atoms with E-state index < -0.39 is 0 Å². The van der Waals surface area contributed by atoms with Crippen molar-refractivity contribution in [2.24, 2.45) is 11.5 Å². The number of anilines is 2. The van der Waals surface area contributed by atoms with Crippen molar-refractivity contribution in [2.75, 3.05) is 36.8 Å². The number of hydrogen-bond donors (Lipinski definition) is 5. The molecule has 0 amide bonds. The van der Waals surface area contributed by atoms with Crippen molar-refractivity contribution in [3.8, 4) is 22.5 Å². The fourth-order valence-corrected chi connectivity index (χ4v) is 6.10. The highest BCUT2D eigenvalue weighted by atomic mass is 127. The molecule has 5 aromatic heterocycles. The number of H-pyrrole nitrogens is 1. The highest BCUT2D eigenvalue weighted by Crippen LogP contribution is 2.39. The average molecular weight is 848 g/mol. The number of nitrogens with zero attached hydrogens (tertiary/aromatic N) is 7. The van der Waals surface area contributed by atoms with E-state index in [4.69, 9.17) is 11.5 Å². The summed E-state index contributed by atoms with van der Waals surface area (Å²) in [7, 11) is 0. The molecule has 1 saturated carbocycles. The zero-order chi connectivity index (χ0) is 31.3. The van der Waals surface area contributed by atoms with Crippen molar-refractivity contribution in [3.05, 3.63) is 74.0 Å². The number of halogens is 3. The maximum Gasteiger partial charge on any atom is 0.181 e. The summed E-state index contributed by atoms with van der Waals surface area (Å²) >= 11 is 9.13. The second kappa shape index (κ2) is 14.5. The lowest BCUT2D eigenvalue weighted by Crippen LogP contribution is -2.10. The summed E-state index contributed by atoms with van der Waals surface area (Å²) in [4.78, 5) is 25.8. The molecule has 15 heteroatoms. The Hall–Kier alpha value is -3.12. The normalized spacial score (nSPS) is 12.8. The SMILES string of the molecule is NCCCNc1nc(Br)cn2c(-c3ccc(-c4cnc(C5CC5)[nH]4)cc3)cnc12.NCCCNc1nc(Br)cn2c(I)cnc12. The van der Waals surface area contributed by atoms with Crippen LogP contribution < -0.4 is 22.1 Å². The lowest BCUT2D eigenvalue weighted by molar-refractivity contribution is 0.868. The first-order valence-electron chi connectivity index (χ1n) is 14.7. The van der Waals surface area contributed by atoms with Gasteiger partial charge in [-0.1, -0.05) is 24.3 Å². The van der Waals surface area contributed by atoms with E-state index in [1.807, 2.05) is 35.4 Å². The highest BCUT2D eigenvalue weighted by molar-refractivity contribution is 14.1.